The van der Waals surface area contributed by atoms with Crippen LogP contribution in [0.25, 0.3) is 6.08 Å². The van der Waals surface area contributed by atoms with Crippen molar-refractivity contribution in [2.45, 2.75) is 0 Å². The molecule has 0 aliphatic carbocycles. The highest BCUT2D eigenvalue weighted by atomic mass is 79.9. The van der Waals surface area contributed by atoms with Gasteiger partial charge in [0.05, 0.1) is 19.8 Å². The molecule has 8 nitrogen and oxygen atoms in total. The average molecular weight is 473 g/mol. The largest absolute Gasteiger partial charge is 0.481 e. The summed E-state index contributed by atoms with van der Waals surface area (Å²) in [6.07, 6.45) is 1.34. The molecule has 0 aromatic heterocycles. The quantitative estimate of drug-likeness (QED) is 0.373. The molecule has 2 aromatic carbocycles. The highest BCUT2D eigenvalue weighted by molar-refractivity contribution is 9.10. The summed E-state index contributed by atoms with van der Waals surface area (Å²) in [4.78, 5) is 35.3. The lowest BCUT2D eigenvalue weighted by atomic mass is 10.1. The van der Waals surface area contributed by atoms with Crippen molar-refractivity contribution in [3.8, 4) is 11.8 Å². The zero-order valence-corrected chi connectivity index (χ0v) is 17.7. The van der Waals surface area contributed by atoms with Crippen LogP contribution in [0.3, 0.4) is 0 Å². The molecule has 1 N–H and O–H groups in total. The predicted molar refractivity (Wildman–Crippen MR) is 112 cm³/mol. The lowest BCUT2D eigenvalue weighted by Gasteiger charge is -2.10. The number of nitrogens with zero attached hydrogens (tertiary/aromatic N) is 1. The van der Waals surface area contributed by atoms with Gasteiger partial charge in [0.25, 0.3) is 5.91 Å². The number of carbonyl (C=O) groups excluding carboxylic acids is 3. The van der Waals surface area contributed by atoms with Crippen LogP contribution >= 0.6 is 15.9 Å². The van der Waals surface area contributed by atoms with Crippen molar-refractivity contribution in [3.05, 3.63) is 63.6 Å². The van der Waals surface area contributed by atoms with E-state index in [1.807, 2.05) is 6.07 Å². The number of carbonyl (C=O) groups is 3. The van der Waals surface area contributed by atoms with E-state index in [2.05, 4.69) is 30.7 Å². The third-order valence-electron chi connectivity index (χ3n) is 3.77. The Morgan fingerprint density at radius 3 is 2.40 bits per heavy atom. The Morgan fingerprint density at radius 2 is 1.80 bits per heavy atom. The monoisotopic (exact) mass is 472 g/mol. The standard InChI is InChI=1S/C21H17BrN2O6/c1-28-19(25)12-30-18-8-5-16(22)10-14(18)9-15(11-23)20(26)24-17-6-3-13(4-7-17)21(27)29-2/h3-10H,12H2,1-2H3,(H,24,26)/b15-9+. The van der Waals surface area contributed by atoms with Crippen molar-refractivity contribution >= 4 is 45.5 Å². The molecule has 9 heteroatoms. The van der Waals surface area contributed by atoms with Crippen LogP contribution in [0, 0.1) is 11.3 Å². The Labute approximate surface area is 181 Å². The van der Waals surface area contributed by atoms with E-state index in [1.165, 1.54) is 44.6 Å². The Hall–Kier alpha value is -3.64. The fourth-order valence-electron chi connectivity index (χ4n) is 2.27. The fraction of sp³-hybridized carbons (Fsp3) is 0.143. The number of rotatable bonds is 7. The molecule has 0 bridgehead atoms. The topological polar surface area (TPSA) is 115 Å². The van der Waals surface area contributed by atoms with Gasteiger partial charge in [0.2, 0.25) is 0 Å². The molecule has 0 heterocycles. The number of halogens is 1. The number of amides is 1. The van der Waals surface area contributed by atoms with Crippen LogP contribution in [0.2, 0.25) is 0 Å². The molecule has 0 saturated heterocycles. The van der Waals surface area contributed by atoms with Gasteiger partial charge >= 0.3 is 11.9 Å². The van der Waals surface area contributed by atoms with E-state index in [4.69, 9.17) is 4.74 Å². The molecule has 0 unspecified atom stereocenters. The molecule has 30 heavy (non-hydrogen) atoms. The molecule has 0 atom stereocenters. The number of nitriles is 1. The molecule has 154 valence electrons. The molecular weight excluding hydrogens is 456 g/mol. The maximum atomic E-state index is 12.5. The predicted octanol–water partition coefficient (Wildman–Crippen LogP) is 3.33. The number of benzene rings is 2. The van der Waals surface area contributed by atoms with Gasteiger partial charge in [0.15, 0.2) is 6.61 Å². The second kappa shape index (κ2) is 10.8. The zero-order valence-electron chi connectivity index (χ0n) is 16.1. The molecular formula is C21H17BrN2O6. The van der Waals surface area contributed by atoms with Gasteiger partial charge < -0.3 is 19.5 Å². The number of hydrogen-bond donors (Lipinski definition) is 1. The normalized spacial score (nSPS) is 10.5. The first-order valence-electron chi connectivity index (χ1n) is 8.48. The highest BCUT2D eigenvalue weighted by Gasteiger charge is 2.13. The molecule has 0 saturated carbocycles. The van der Waals surface area contributed by atoms with E-state index >= 15 is 0 Å². The highest BCUT2D eigenvalue weighted by Crippen LogP contribution is 2.26. The van der Waals surface area contributed by atoms with Crippen LogP contribution in [0.1, 0.15) is 15.9 Å². The molecule has 1 amide bonds. The molecule has 0 fully saturated rings. The molecule has 0 aliphatic heterocycles. The van der Waals surface area contributed by atoms with Crippen molar-refractivity contribution in [2.24, 2.45) is 0 Å². The summed E-state index contributed by atoms with van der Waals surface area (Å²) in [6.45, 7) is -0.320. The van der Waals surface area contributed by atoms with E-state index in [-0.39, 0.29) is 12.2 Å². The minimum Gasteiger partial charge on any atom is -0.481 e. The number of hydrogen-bond acceptors (Lipinski definition) is 7. The van der Waals surface area contributed by atoms with Crippen LogP contribution in [-0.4, -0.2) is 38.7 Å². The summed E-state index contributed by atoms with van der Waals surface area (Å²) in [6, 6.07) is 12.8. The van der Waals surface area contributed by atoms with E-state index in [1.54, 1.807) is 18.2 Å². The minimum atomic E-state index is -0.651. The van der Waals surface area contributed by atoms with Crippen LogP contribution < -0.4 is 10.1 Å². The minimum absolute atomic E-state index is 0.187. The van der Waals surface area contributed by atoms with Gasteiger partial charge in [-0.3, -0.25) is 4.79 Å². The van der Waals surface area contributed by atoms with Crippen LogP contribution in [0.5, 0.6) is 5.75 Å². The second-order valence-corrected chi connectivity index (χ2v) is 6.66. The summed E-state index contributed by atoms with van der Waals surface area (Å²) < 4.78 is 15.3. The van der Waals surface area contributed by atoms with Gasteiger partial charge in [-0.15, -0.1) is 0 Å². The Morgan fingerprint density at radius 1 is 1.10 bits per heavy atom. The molecule has 0 aliphatic rings. The van der Waals surface area contributed by atoms with Crippen molar-refractivity contribution < 1.29 is 28.6 Å². The van der Waals surface area contributed by atoms with Crippen molar-refractivity contribution in [2.75, 3.05) is 26.1 Å². The SMILES string of the molecule is COC(=O)COc1ccc(Br)cc1/C=C(\C#N)C(=O)Nc1ccc(C(=O)OC)cc1. The number of nitrogens with one attached hydrogen (secondary N) is 1. The van der Waals surface area contributed by atoms with Gasteiger partial charge in [0, 0.05) is 15.7 Å². The van der Waals surface area contributed by atoms with Crippen molar-refractivity contribution in [1.82, 2.24) is 0 Å². The summed E-state index contributed by atoms with van der Waals surface area (Å²) in [5.41, 5.74) is 0.951. The lowest BCUT2D eigenvalue weighted by Crippen LogP contribution is -2.14. The van der Waals surface area contributed by atoms with Crippen molar-refractivity contribution in [1.29, 1.82) is 5.26 Å². The van der Waals surface area contributed by atoms with Gasteiger partial charge in [0.1, 0.15) is 17.4 Å². The first-order valence-corrected chi connectivity index (χ1v) is 9.28. The van der Waals surface area contributed by atoms with Crippen LogP contribution in [-0.2, 0) is 19.1 Å². The maximum Gasteiger partial charge on any atom is 0.343 e. The van der Waals surface area contributed by atoms with E-state index in [0.717, 1.165) is 0 Å². The van der Waals surface area contributed by atoms with Crippen LogP contribution in [0.4, 0.5) is 5.69 Å². The van der Waals surface area contributed by atoms with Gasteiger partial charge in [-0.05, 0) is 48.5 Å². The molecule has 2 aromatic rings. The average Bonchev–Trinajstić information content (AvgIpc) is 2.76. The summed E-state index contributed by atoms with van der Waals surface area (Å²) in [7, 11) is 2.51. The Bertz CT molecular complexity index is 1020. The van der Waals surface area contributed by atoms with Crippen molar-refractivity contribution in [3.63, 3.8) is 0 Å². The Balaban J connectivity index is 2.23. The second-order valence-electron chi connectivity index (χ2n) is 5.74. The Kier molecular flexibility index (Phi) is 8.14. The number of methoxy groups -OCH3 is 2. The summed E-state index contributed by atoms with van der Waals surface area (Å²) in [5, 5.41) is 12.0. The maximum absolute atomic E-state index is 12.5. The summed E-state index contributed by atoms with van der Waals surface area (Å²) in [5.74, 6) is -1.42. The first kappa shape index (κ1) is 22.6. The first-order chi connectivity index (χ1) is 14.4. The van der Waals surface area contributed by atoms with Gasteiger partial charge in [-0.1, -0.05) is 15.9 Å². The van der Waals surface area contributed by atoms with Gasteiger partial charge in [-0.2, -0.15) is 5.26 Å². The number of ether oxygens (including phenoxy) is 3. The third kappa shape index (κ3) is 6.18. The third-order valence-corrected chi connectivity index (χ3v) is 4.27. The molecule has 0 spiro atoms. The zero-order chi connectivity index (χ0) is 22.1. The molecule has 0 radical (unpaired) electrons. The lowest BCUT2D eigenvalue weighted by molar-refractivity contribution is -0.142. The molecule has 2 rings (SSSR count). The number of anilines is 1. The smallest absolute Gasteiger partial charge is 0.343 e. The van der Waals surface area contributed by atoms with E-state index in [0.29, 0.717) is 27.0 Å². The van der Waals surface area contributed by atoms with Crippen LogP contribution in [0.15, 0.2) is 52.5 Å². The van der Waals surface area contributed by atoms with E-state index < -0.39 is 17.8 Å². The number of esters is 2. The van der Waals surface area contributed by atoms with E-state index in [9.17, 15) is 19.6 Å². The van der Waals surface area contributed by atoms with Gasteiger partial charge in [-0.25, -0.2) is 9.59 Å². The fourth-order valence-corrected chi connectivity index (χ4v) is 2.65. The summed E-state index contributed by atoms with van der Waals surface area (Å²) >= 11 is 3.32.